The van der Waals surface area contributed by atoms with Gasteiger partial charge >= 0.3 is 0 Å². The fourth-order valence-corrected chi connectivity index (χ4v) is 2.77. The zero-order valence-electron chi connectivity index (χ0n) is 11.4. The van der Waals surface area contributed by atoms with Crippen molar-refractivity contribution in [3.8, 4) is 0 Å². The third kappa shape index (κ3) is 3.35. The monoisotopic (exact) mass is 261 g/mol. The Labute approximate surface area is 114 Å². The van der Waals surface area contributed by atoms with Crippen LogP contribution in [-0.4, -0.2) is 16.0 Å². The van der Waals surface area contributed by atoms with E-state index in [1.165, 1.54) is 51.4 Å². The van der Waals surface area contributed by atoms with Gasteiger partial charge in [0.1, 0.15) is 17.5 Å². The second-order valence-corrected chi connectivity index (χ2v) is 5.75. The number of nitrogens with zero attached hydrogens (tertiary/aromatic N) is 2. The Morgan fingerprint density at radius 2 is 1.63 bits per heavy atom. The SMILES string of the molecule is NNc1cc(NC2CCCCCC2)nc(C2CC2)n1. The molecule has 2 fully saturated rings. The summed E-state index contributed by atoms with van der Waals surface area (Å²) in [6.07, 6.45) is 10.3. The van der Waals surface area contributed by atoms with Crippen LogP contribution in [0.25, 0.3) is 0 Å². The van der Waals surface area contributed by atoms with Crippen molar-refractivity contribution in [3.05, 3.63) is 11.9 Å². The van der Waals surface area contributed by atoms with E-state index in [1.807, 2.05) is 6.07 Å². The van der Waals surface area contributed by atoms with E-state index in [9.17, 15) is 0 Å². The average Bonchev–Trinajstić information content (AvgIpc) is 3.26. The quantitative estimate of drug-likeness (QED) is 0.441. The summed E-state index contributed by atoms with van der Waals surface area (Å²) in [5.74, 6) is 8.62. The summed E-state index contributed by atoms with van der Waals surface area (Å²) in [5.41, 5.74) is 2.65. The number of nitrogen functional groups attached to an aromatic ring is 1. The summed E-state index contributed by atoms with van der Waals surface area (Å²) in [4.78, 5) is 9.09. The van der Waals surface area contributed by atoms with Crippen molar-refractivity contribution in [1.29, 1.82) is 0 Å². The summed E-state index contributed by atoms with van der Waals surface area (Å²) in [5, 5.41) is 3.57. The lowest BCUT2D eigenvalue weighted by atomic mass is 10.1. The number of nitrogens with one attached hydrogen (secondary N) is 2. The highest BCUT2D eigenvalue weighted by atomic mass is 15.3. The fourth-order valence-electron chi connectivity index (χ4n) is 2.77. The minimum Gasteiger partial charge on any atom is -0.367 e. The Kier molecular flexibility index (Phi) is 3.82. The van der Waals surface area contributed by atoms with Gasteiger partial charge in [-0.05, 0) is 25.7 Å². The molecule has 0 amide bonds. The molecule has 5 heteroatoms. The van der Waals surface area contributed by atoms with Crippen LogP contribution in [-0.2, 0) is 0 Å². The molecule has 104 valence electrons. The van der Waals surface area contributed by atoms with E-state index in [2.05, 4.69) is 20.7 Å². The molecule has 0 atom stereocenters. The number of hydrogen-bond donors (Lipinski definition) is 3. The molecule has 1 heterocycles. The molecule has 2 saturated carbocycles. The van der Waals surface area contributed by atoms with Crippen LogP contribution in [0.2, 0.25) is 0 Å². The van der Waals surface area contributed by atoms with E-state index in [-0.39, 0.29) is 0 Å². The van der Waals surface area contributed by atoms with Gasteiger partial charge in [-0.25, -0.2) is 15.8 Å². The van der Waals surface area contributed by atoms with E-state index in [0.29, 0.717) is 17.8 Å². The van der Waals surface area contributed by atoms with Crippen LogP contribution in [0.5, 0.6) is 0 Å². The molecule has 5 nitrogen and oxygen atoms in total. The average molecular weight is 261 g/mol. The number of nitrogens with two attached hydrogens (primary N) is 1. The van der Waals surface area contributed by atoms with Crippen LogP contribution in [0.1, 0.15) is 63.1 Å². The van der Waals surface area contributed by atoms with Gasteiger partial charge < -0.3 is 10.7 Å². The summed E-state index contributed by atoms with van der Waals surface area (Å²) in [7, 11) is 0. The van der Waals surface area contributed by atoms with Gasteiger partial charge in [-0.2, -0.15) is 0 Å². The molecule has 0 unspecified atom stereocenters. The smallest absolute Gasteiger partial charge is 0.145 e. The molecule has 4 N–H and O–H groups in total. The van der Waals surface area contributed by atoms with Crippen LogP contribution < -0.4 is 16.6 Å². The van der Waals surface area contributed by atoms with E-state index in [1.54, 1.807) is 0 Å². The number of hydrazine groups is 1. The third-order valence-electron chi connectivity index (χ3n) is 4.04. The topological polar surface area (TPSA) is 75.9 Å². The first-order valence-electron chi connectivity index (χ1n) is 7.47. The van der Waals surface area contributed by atoms with Crippen molar-refractivity contribution in [2.75, 3.05) is 10.7 Å². The highest BCUT2D eigenvalue weighted by Gasteiger charge is 2.27. The van der Waals surface area contributed by atoms with Crippen molar-refractivity contribution >= 4 is 11.6 Å². The molecule has 2 aliphatic rings. The molecular formula is C14H23N5. The number of aromatic nitrogens is 2. The molecule has 1 aromatic rings. The minimum absolute atomic E-state index is 0.544. The zero-order chi connectivity index (χ0) is 13.1. The Bertz CT molecular complexity index is 422. The van der Waals surface area contributed by atoms with Gasteiger partial charge in [0.15, 0.2) is 0 Å². The van der Waals surface area contributed by atoms with E-state index in [4.69, 9.17) is 5.84 Å². The van der Waals surface area contributed by atoms with Crippen molar-refractivity contribution in [2.45, 2.75) is 63.3 Å². The zero-order valence-corrected chi connectivity index (χ0v) is 11.4. The van der Waals surface area contributed by atoms with Gasteiger partial charge in [0.2, 0.25) is 0 Å². The van der Waals surface area contributed by atoms with Crippen LogP contribution in [0.15, 0.2) is 6.07 Å². The van der Waals surface area contributed by atoms with Gasteiger partial charge in [-0.15, -0.1) is 0 Å². The highest BCUT2D eigenvalue weighted by Crippen LogP contribution is 2.38. The molecule has 0 bridgehead atoms. The summed E-state index contributed by atoms with van der Waals surface area (Å²) in [6, 6.07) is 2.46. The lowest BCUT2D eigenvalue weighted by molar-refractivity contribution is 0.617. The maximum Gasteiger partial charge on any atom is 0.145 e. The number of anilines is 2. The molecule has 0 aromatic carbocycles. The molecular weight excluding hydrogens is 238 g/mol. The van der Waals surface area contributed by atoms with Crippen LogP contribution in [0.4, 0.5) is 11.6 Å². The number of rotatable bonds is 4. The second-order valence-electron chi connectivity index (χ2n) is 5.75. The Balaban J connectivity index is 1.73. The molecule has 19 heavy (non-hydrogen) atoms. The van der Waals surface area contributed by atoms with Gasteiger partial charge in [0.25, 0.3) is 0 Å². The van der Waals surface area contributed by atoms with E-state index >= 15 is 0 Å². The van der Waals surface area contributed by atoms with Crippen LogP contribution >= 0.6 is 0 Å². The molecule has 3 rings (SSSR count). The largest absolute Gasteiger partial charge is 0.367 e. The Morgan fingerprint density at radius 1 is 0.947 bits per heavy atom. The summed E-state index contributed by atoms with van der Waals surface area (Å²) in [6.45, 7) is 0. The van der Waals surface area contributed by atoms with Gasteiger partial charge in [0, 0.05) is 18.0 Å². The molecule has 0 spiro atoms. The normalized spacial score (nSPS) is 20.9. The maximum absolute atomic E-state index is 5.50. The van der Waals surface area contributed by atoms with Crippen molar-refractivity contribution < 1.29 is 0 Å². The predicted molar refractivity (Wildman–Crippen MR) is 76.9 cm³/mol. The molecule has 0 aliphatic heterocycles. The van der Waals surface area contributed by atoms with Crippen molar-refractivity contribution in [3.63, 3.8) is 0 Å². The van der Waals surface area contributed by atoms with Crippen molar-refractivity contribution in [2.24, 2.45) is 5.84 Å². The molecule has 1 aromatic heterocycles. The second kappa shape index (κ2) is 5.74. The van der Waals surface area contributed by atoms with E-state index < -0.39 is 0 Å². The Morgan fingerprint density at radius 3 is 2.26 bits per heavy atom. The van der Waals surface area contributed by atoms with Gasteiger partial charge in [-0.3, -0.25) is 0 Å². The number of hydrogen-bond acceptors (Lipinski definition) is 5. The van der Waals surface area contributed by atoms with Gasteiger partial charge in [0.05, 0.1) is 0 Å². The lowest BCUT2D eigenvalue weighted by Crippen LogP contribution is -2.20. The van der Waals surface area contributed by atoms with Crippen molar-refractivity contribution in [1.82, 2.24) is 9.97 Å². The third-order valence-corrected chi connectivity index (χ3v) is 4.04. The standard InChI is InChI=1S/C14H23N5/c15-19-13-9-12(17-14(18-13)10-7-8-10)16-11-5-3-1-2-4-6-11/h9-11H,1-8,15H2,(H2,16,17,18,19). The summed E-state index contributed by atoms with van der Waals surface area (Å²) >= 11 is 0. The van der Waals surface area contributed by atoms with E-state index in [0.717, 1.165) is 11.6 Å². The fraction of sp³-hybridized carbons (Fsp3) is 0.714. The summed E-state index contributed by atoms with van der Waals surface area (Å²) < 4.78 is 0. The highest BCUT2D eigenvalue weighted by molar-refractivity contribution is 5.48. The first kappa shape index (κ1) is 12.7. The van der Waals surface area contributed by atoms with Crippen LogP contribution in [0, 0.1) is 0 Å². The molecule has 0 saturated heterocycles. The molecule has 2 aliphatic carbocycles. The maximum atomic E-state index is 5.50. The minimum atomic E-state index is 0.544. The lowest BCUT2D eigenvalue weighted by Gasteiger charge is -2.17. The predicted octanol–water partition coefficient (Wildman–Crippen LogP) is 2.77. The van der Waals surface area contributed by atoms with Gasteiger partial charge in [-0.1, -0.05) is 25.7 Å². The Hall–Kier alpha value is -1.36. The first-order chi connectivity index (χ1) is 9.35. The molecule has 0 radical (unpaired) electrons. The van der Waals surface area contributed by atoms with Crippen LogP contribution in [0.3, 0.4) is 0 Å². The first-order valence-corrected chi connectivity index (χ1v) is 7.47.